The highest BCUT2D eigenvalue weighted by Crippen LogP contribution is 2.25. The maximum absolute atomic E-state index is 9.31. The van der Waals surface area contributed by atoms with Crippen molar-refractivity contribution in [1.29, 1.82) is 5.26 Å². The van der Waals surface area contributed by atoms with Crippen molar-refractivity contribution in [3.63, 3.8) is 0 Å². The second-order valence-electron chi connectivity index (χ2n) is 6.90. The fraction of sp³-hybridized carbons (Fsp3) is 0.941. The first kappa shape index (κ1) is 17.5. The van der Waals surface area contributed by atoms with Crippen LogP contribution in [0.25, 0.3) is 0 Å². The Kier molecular flexibility index (Phi) is 7.55. The van der Waals surface area contributed by atoms with Crippen LogP contribution in [0.1, 0.15) is 66.2 Å². The van der Waals surface area contributed by atoms with Gasteiger partial charge in [-0.05, 0) is 51.6 Å². The summed E-state index contributed by atoms with van der Waals surface area (Å²) < 4.78 is 0. The lowest BCUT2D eigenvalue weighted by Gasteiger charge is -2.31. The Morgan fingerprint density at radius 1 is 1.35 bits per heavy atom. The van der Waals surface area contributed by atoms with Crippen LogP contribution < -0.4 is 5.32 Å². The van der Waals surface area contributed by atoms with Crippen LogP contribution in [0.5, 0.6) is 0 Å². The molecule has 1 aliphatic carbocycles. The fourth-order valence-electron chi connectivity index (χ4n) is 3.37. The predicted octanol–water partition coefficient (Wildman–Crippen LogP) is 3.56. The van der Waals surface area contributed by atoms with Crippen molar-refractivity contribution in [2.24, 2.45) is 5.92 Å². The number of hydrogen-bond acceptors (Lipinski definition) is 3. The van der Waals surface area contributed by atoms with Gasteiger partial charge in [0.15, 0.2) is 0 Å². The maximum Gasteiger partial charge on any atom is 0.103 e. The lowest BCUT2D eigenvalue weighted by atomic mass is 9.97. The van der Waals surface area contributed by atoms with Gasteiger partial charge in [0.05, 0.1) is 6.07 Å². The fourth-order valence-corrected chi connectivity index (χ4v) is 3.37. The van der Waals surface area contributed by atoms with Crippen molar-refractivity contribution in [1.82, 2.24) is 10.2 Å². The highest BCUT2D eigenvalue weighted by molar-refractivity contribution is 5.03. The lowest BCUT2D eigenvalue weighted by molar-refractivity contribution is 0.170. The largest absolute Gasteiger partial charge is 0.300 e. The molecule has 0 heterocycles. The average Bonchev–Trinajstić information content (AvgIpc) is 2.91. The maximum atomic E-state index is 9.31. The van der Waals surface area contributed by atoms with Crippen LogP contribution in [0.2, 0.25) is 0 Å². The molecular weight excluding hydrogens is 246 g/mol. The molecule has 3 nitrogen and oxygen atoms in total. The molecule has 0 aromatic carbocycles. The Balaban J connectivity index is 2.43. The lowest BCUT2D eigenvalue weighted by Crippen LogP contribution is -2.42. The first-order valence-corrected chi connectivity index (χ1v) is 8.41. The van der Waals surface area contributed by atoms with Crippen molar-refractivity contribution in [3.05, 3.63) is 0 Å². The smallest absolute Gasteiger partial charge is 0.103 e. The molecule has 0 radical (unpaired) electrons. The Bertz CT molecular complexity index is 302. The SMILES string of the molecule is CCNC(C)(C#N)CCCN(CC(C)C)C1CCCC1. The number of nitriles is 1. The van der Waals surface area contributed by atoms with Crippen molar-refractivity contribution < 1.29 is 0 Å². The topological polar surface area (TPSA) is 39.1 Å². The third-order valence-corrected chi connectivity index (χ3v) is 4.38. The van der Waals surface area contributed by atoms with E-state index in [0.29, 0.717) is 0 Å². The van der Waals surface area contributed by atoms with E-state index in [2.05, 4.69) is 37.1 Å². The molecule has 116 valence electrons. The van der Waals surface area contributed by atoms with Crippen molar-refractivity contribution >= 4 is 0 Å². The molecule has 0 aromatic heterocycles. The molecule has 1 aliphatic rings. The summed E-state index contributed by atoms with van der Waals surface area (Å²) in [7, 11) is 0. The summed E-state index contributed by atoms with van der Waals surface area (Å²) in [6.45, 7) is 11.9. The molecule has 1 atom stereocenters. The zero-order valence-electron chi connectivity index (χ0n) is 13.9. The van der Waals surface area contributed by atoms with Gasteiger partial charge >= 0.3 is 0 Å². The number of hydrogen-bond donors (Lipinski definition) is 1. The molecule has 3 heteroatoms. The Hall–Kier alpha value is -0.590. The second kappa shape index (κ2) is 8.64. The third kappa shape index (κ3) is 5.81. The highest BCUT2D eigenvalue weighted by atomic mass is 15.2. The predicted molar refractivity (Wildman–Crippen MR) is 85.6 cm³/mol. The Morgan fingerprint density at radius 3 is 2.50 bits per heavy atom. The molecule has 0 aromatic rings. The first-order chi connectivity index (χ1) is 9.50. The summed E-state index contributed by atoms with van der Waals surface area (Å²) in [5.41, 5.74) is -0.353. The molecule has 1 unspecified atom stereocenters. The number of rotatable bonds is 9. The monoisotopic (exact) mass is 279 g/mol. The van der Waals surface area contributed by atoms with E-state index in [9.17, 15) is 5.26 Å². The van der Waals surface area contributed by atoms with E-state index >= 15 is 0 Å². The molecule has 1 saturated carbocycles. The van der Waals surface area contributed by atoms with Crippen molar-refractivity contribution in [2.75, 3.05) is 19.6 Å². The van der Waals surface area contributed by atoms with E-state index in [1.807, 2.05) is 6.92 Å². The van der Waals surface area contributed by atoms with Gasteiger partial charge in [-0.1, -0.05) is 33.6 Å². The van der Waals surface area contributed by atoms with Crippen LogP contribution >= 0.6 is 0 Å². The number of nitrogens with one attached hydrogen (secondary N) is 1. The van der Waals surface area contributed by atoms with Gasteiger partial charge in [-0.2, -0.15) is 5.26 Å². The van der Waals surface area contributed by atoms with Gasteiger partial charge in [-0.25, -0.2) is 0 Å². The minimum atomic E-state index is -0.353. The molecule has 0 spiro atoms. The molecule has 20 heavy (non-hydrogen) atoms. The van der Waals surface area contributed by atoms with E-state index in [0.717, 1.165) is 37.9 Å². The summed E-state index contributed by atoms with van der Waals surface area (Å²) in [6, 6.07) is 3.23. The first-order valence-electron chi connectivity index (χ1n) is 8.41. The quantitative estimate of drug-likeness (QED) is 0.701. The van der Waals surface area contributed by atoms with Gasteiger partial charge in [-0.3, -0.25) is 5.32 Å². The Labute approximate surface area is 125 Å². The van der Waals surface area contributed by atoms with Gasteiger partial charge in [0.1, 0.15) is 5.54 Å². The molecule has 0 bridgehead atoms. The van der Waals surface area contributed by atoms with E-state index in [1.54, 1.807) is 0 Å². The van der Waals surface area contributed by atoms with Crippen LogP contribution in [0.15, 0.2) is 0 Å². The molecular formula is C17H33N3. The van der Waals surface area contributed by atoms with Gasteiger partial charge in [0, 0.05) is 12.6 Å². The van der Waals surface area contributed by atoms with Gasteiger partial charge in [0.2, 0.25) is 0 Å². The van der Waals surface area contributed by atoms with E-state index in [4.69, 9.17) is 0 Å². The van der Waals surface area contributed by atoms with Crippen LogP contribution in [0.4, 0.5) is 0 Å². The zero-order chi connectivity index (χ0) is 15.0. The summed E-state index contributed by atoms with van der Waals surface area (Å²) in [5, 5.41) is 12.6. The minimum absolute atomic E-state index is 0.353. The molecule has 1 fully saturated rings. The van der Waals surface area contributed by atoms with Crippen molar-refractivity contribution in [2.45, 2.75) is 77.8 Å². The van der Waals surface area contributed by atoms with Crippen LogP contribution in [0, 0.1) is 17.2 Å². The van der Waals surface area contributed by atoms with Crippen molar-refractivity contribution in [3.8, 4) is 6.07 Å². The normalized spacial score (nSPS) is 19.4. The molecule has 1 rings (SSSR count). The molecule has 0 amide bonds. The van der Waals surface area contributed by atoms with Gasteiger partial charge < -0.3 is 4.90 Å². The molecule has 0 aliphatic heterocycles. The van der Waals surface area contributed by atoms with Crippen LogP contribution in [0.3, 0.4) is 0 Å². The molecule has 1 N–H and O–H groups in total. The summed E-state index contributed by atoms with van der Waals surface area (Å²) >= 11 is 0. The zero-order valence-corrected chi connectivity index (χ0v) is 13.9. The van der Waals surface area contributed by atoms with E-state index in [-0.39, 0.29) is 5.54 Å². The standard InChI is InChI=1S/C17H33N3/c1-5-19-17(4,14-18)11-8-12-20(13-15(2)3)16-9-6-7-10-16/h15-16,19H,5-13H2,1-4H3. The summed E-state index contributed by atoms with van der Waals surface area (Å²) in [5.74, 6) is 0.728. The Morgan fingerprint density at radius 2 is 2.00 bits per heavy atom. The van der Waals surface area contributed by atoms with Crippen LogP contribution in [-0.2, 0) is 0 Å². The minimum Gasteiger partial charge on any atom is -0.300 e. The highest BCUT2D eigenvalue weighted by Gasteiger charge is 2.25. The summed E-state index contributed by atoms with van der Waals surface area (Å²) in [6.07, 6.45) is 7.59. The van der Waals surface area contributed by atoms with E-state index in [1.165, 1.54) is 32.2 Å². The van der Waals surface area contributed by atoms with Crippen LogP contribution in [-0.4, -0.2) is 36.1 Å². The number of nitrogens with zero attached hydrogens (tertiary/aromatic N) is 2. The summed E-state index contributed by atoms with van der Waals surface area (Å²) in [4.78, 5) is 2.68. The average molecular weight is 279 g/mol. The molecule has 0 saturated heterocycles. The second-order valence-corrected chi connectivity index (χ2v) is 6.90. The van der Waals surface area contributed by atoms with Gasteiger partial charge in [0.25, 0.3) is 0 Å². The van der Waals surface area contributed by atoms with Gasteiger partial charge in [-0.15, -0.1) is 0 Å². The third-order valence-electron chi connectivity index (χ3n) is 4.38. The van der Waals surface area contributed by atoms with E-state index < -0.39 is 0 Å².